The maximum Gasteiger partial charge on any atom is 0.214 e. The minimum atomic E-state index is -3.71. The van der Waals surface area contributed by atoms with Crippen LogP contribution in [0, 0.1) is 25.2 Å². The molecule has 2 N–H and O–H groups in total. The molecule has 0 aliphatic carbocycles. The van der Waals surface area contributed by atoms with Crippen molar-refractivity contribution in [1.29, 1.82) is 5.26 Å². The van der Waals surface area contributed by atoms with E-state index in [0.29, 0.717) is 25.2 Å². The molecule has 30 heavy (non-hydrogen) atoms. The highest BCUT2D eigenvalue weighted by Gasteiger charge is 2.34. The van der Waals surface area contributed by atoms with E-state index in [-0.39, 0.29) is 5.92 Å². The minimum absolute atomic E-state index is 0.111. The first-order valence-electron chi connectivity index (χ1n) is 10.2. The summed E-state index contributed by atoms with van der Waals surface area (Å²) in [6.45, 7) is 11.9. The molecule has 162 valence electrons. The third-order valence-corrected chi connectivity index (χ3v) is 7.71. The van der Waals surface area contributed by atoms with Gasteiger partial charge in [0, 0.05) is 24.0 Å². The third kappa shape index (κ3) is 4.15. The van der Waals surface area contributed by atoms with Crippen LogP contribution in [-0.2, 0) is 14.8 Å². The van der Waals surface area contributed by atoms with Crippen LogP contribution in [0.1, 0.15) is 55.4 Å². The fraction of sp³-hybridized carbons (Fsp3) is 0.545. The number of anilines is 1. The van der Waals surface area contributed by atoms with Gasteiger partial charge in [0.1, 0.15) is 11.9 Å². The monoisotopic (exact) mass is 430 g/mol. The lowest BCUT2D eigenvalue weighted by atomic mass is 9.87. The maximum atomic E-state index is 12.1. The Morgan fingerprint density at radius 3 is 2.50 bits per heavy atom. The van der Waals surface area contributed by atoms with Gasteiger partial charge in [-0.2, -0.15) is 5.26 Å². The average molecular weight is 431 g/mol. The number of primary sulfonamides is 1. The van der Waals surface area contributed by atoms with E-state index in [9.17, 15) is 13.7 Å². The van der Waals surface area contributed by atoms with Crippen molar-refractivity contribution < 1.29 is 13.2 Å². The first kappa shape index (κ1) is 22.5. The zero-order valence-electron chi connectivity index (χ0n) is 18.3. The summed E-state index contributed by atoms with van der Waals surface area (Å²) in [5.41, 5.74) is 4.18. The molecule has 1 unspecified atom stereocenters. The number of sulfonamides is 1. The molecule has 3 rings (SSSR count). The molecule has 1 aliphatic rings. The molecule has 1 saturated heterocycles. The Balaban J connectivity index is 2.21. The number of morpholine rings is 1. The lowest BCUT2D eigenvalue weighted by Gasteiger charge is -2.30. The van der Waals surface area contributed by atoms with Crippen LogP contribution in [0.25, 0.3) is 10.9 Å². The number of aromatic nitrogens is 1. The second-order valence-corrected chi connectivity index (χ2v) is 11.0. The molecule has 0 saturated carbocycles. The molecule has 1 aromatic carbocycles. The Hall–Kier alpha value is -2.21. The van der Waals surface area contributed by atoms with Gasteiger partial charge in [0.15, 0.2) is 0 Å². The van der Waals surface area contributed by atoms with E-state index in [2.05, 4.69) is 11.0 Å². The van der Waals surface area contributed by atoms with Crippen molar-refractivity contribution in [2.75, 3.05) is 31.2 Å². The Morgan fingerprint density at radius 1 is 1.30 bits per heavy atom. The van der Waals surface area contributed by atoms with Crippen LogP contribution in [0.5, 0.6) is 0 Å². The van der Waals surface area contributed by atoms with Crippen molar-refractivity contribution >= 4 is 26.7 Å². The number of nitrogens with two attached hydrogens (primary N) is 1. The smallest absolute Gasteiger partial charge is 0.214 e. The van der Waals surface area contributed by atoms with Crippen molar-refractivity contribution in [2.45, 2.75) is 51.7 Å². The van der Waals surface area contributed by atoms with Gasteiger partial charge in [-0.15, -0.1) is 0 Å². The fourth-order valence-electron chi connectivity index (χ4n) is 4.19. The number of fused-ring (bicyclic) bond motifs is 1. The summed E-state index contributed by atoms with van der Waals surface area (Å²) < 4.78 is 28.5. The molecular formula is C22H30N4O3S. The predicted molar refractivity (Wildman–Crippen MR) is 119 cm³/mol. The van der Waals surface area contributed by atoms with Crippen LogP contribution in [0.4, 0.5) is 5.82 Å². The lowest BCUT2D eigenvalue weighted by Crippen LogP contribution is -2.38. The van der Waals surface area contributed by atoms with Crippen LogP contribution in [0.3, 0.4) is 0 Å². The Labute approximate surface area is 178 Å². The summed E-state index contributed by atoms with van der Waals surface area (Å²) >= 11 is 0. The van der Waals surface area contributed by atoms with Crippen LogP contribution < -0.4 is 10.0 Å². The Morgan fingerprint density at radius 2 is 1.93 bits per heavy atom. The molecule has 0 amide bonds. The number of pyridine rings is 1. The SMILES string of the molecule is Cc1cc(C(C)CC(C)(C)S(N)(=O)=O)c2nc(N3CCOCC3)c(C)c(C#N)c2c1. The summed E-state index contributed by atoms with van der Waals surface area (Å²) in [5, 5.41) is 16.2. The third-order valence-electron chi connectivity index (χ3n) is 6.00. The van der Waals surface area contributed by atoms with Gasteiger partial charge in [-0.3, -0.25) is 0 Å². The van der Waals surface area contributed by atoms with Crippen molar-refractivity contribution in [3.8, 4) is 6.07 Å². The second-order valence-electron chi connectivity index (χ2n) is 8.81. The van der Waals surface area contributed by atoms with Crippen LogP contribution >= 0.6 is 0 Å². The van der Waals surface area contributed by atoms with Crippen molar-refractivity contribution in [1.82, 2.24) is 4.98 Å². The van der Waals surface area contributed by atoms with Crippen molar-refractivity contribution in [2.24, 2.45) is 5.14 Å². The largest absolute Gasteiger partial charge is 0.378 e. The molecule has 1 aliphatic heterocycles. The standard InChI is InChI=1S/C22H30N4O3S/c1-14-10-17(15(2)12-22(4,5)30(24,27)28)20-18(11-14)19(13-23)16(3)21(25-20)26-6-8-29-9-7-26/h10-11,15H,6-9,12H2,1-5H3,(H2,24,27,28). The number of hydrogen-bond acceptors (Lipinski definition) is 6. The zero-order valence-corrected chi connectivity index (χ0v) is 19.1. The highest BCUT2D eigenvalue weighted by molar-refractivity contribution is 7.90. The summed E-state index contributed by atoms with van der Waals surface area (Å²) in [4.78, 5) is 7.15. The van der Waals surface area contributed by atoms with E-state index in [1.807, 2.05) is 32.9 Å². The van der Waals surface area contributed by atoms with Gasteiger partial charge < -0.3 is 9.64 Å². The number of ether oxygens (including phenoxy) is 1. The van der Waals surface area contributed by atoms with E-state index in [0.717, 1.165) is 46.5 Å². The number of aryl methyl sites for hydroxylation is 1. The normalized spacial score (nSPS) is 16.5. The molecule has 0 bridgehead atoms. The van der Waals surface area contributed by atoms with Gasteiger partial charge in [0.05, 0.1) is 29.0 Å². The minimum Gasteiger partial charge on any atom is -0.378 e. The van der Waals surface area contributed by atoms with E-state index in [1.165, 1.54) is 0 Å². The van der Waals surface area contributed by atoms with Gasteiger partial charge in [0.2, 0.25) is 10.0 Å². The molecule has 2 aromatic rings. The van der Waals surface area contributed by atoms with Crippen LogP contribution in [0.2, 0.25) is 0 Å². The molecule has 1 atom stereocenters. The fourth-order valence-corrected chi connectivity index (χ4v) is 4.67. The molecule has 8 heteroatoms. The number of nitriles is 1. The molecule has 7 nitrogen and oxygen atoms in total. The maximum absolute atomic E-state index is 12.1. The molecule has 1 aromatic heterocycles. The number of hydrogen-bond donors (Lipinski definition) is 1. The highest BCUT2D eigenvalue weighted by Crippen LogP contribution is 2.37. The topological polar surface area (TPSA) is 109 Å². The molecule has 0 radical (unpaired) electrons. The van der Waals surface area contributed by atoms with Crippen LogP contribution in [0.15, 0.2) is 12.1 Å². The Bertz CT molecular complexity index is 1110. The first-order valence-corrected chi connectivity index (χ1v) is 11.7. The molecule has 1 fully saturated rings. The van der Waals surface area contributed by atoms with Crippen molar-refractivity contribution in [3.63, 3.8) is 0 Å². The summed E-state index contributed by atoms with van der Waals surface area (Å²) in [7, 11) is -3.71. The first-order chi connectivity index (χ1) is 14.0. The molecular weight excluding hydrogens is 400 g/mol. The highest BCUT2D eigenvalue weighted by atomic mass is 32.2. The average Bonchev–Trinajstić information content (AvgIpc) is 2.66. The summed E-state index contributed by atoms with van der Waals surface area (Å²) in [6.07, 6.45) is 0.356. The van der Waals surface area contributed by atoms with E-state index in [1.54, 1.807) is 13.8 Å². The Kier molecular flexibility index (Phi) is 6.10. The van der Waals surface area contributed by atoms with Gasteiger partial charge in [-0.1, -0.05) is 18.6 Å². The summed E-state index contributed by atoms with van der Waals surface area (Å²) in [5.74, 6) is 0.686. The van der Waals surface area contributed by atoms with E-state index < -0.39 is 14.8 Å². The van der Waals surface area contributed by atoms with Crippen LogP contribution in [-0.4, -0.2) is 44.5 Å². The zero-order chi connectivity index (χ0) is 22.3. The quantitative estimate of drug-likeness (QED) is 0.780. The summed E-state index contributed by atoms with van der Waals surface area (Å²) in [6, 6.07) is 6.39. The van der Waals surface area contributed by atoms with Gasteiger partial charge in [-0.25, -0.2) is 18.5 Å². The van der Waals surface area contributed by atoms with Gasteiger partial charge in [-0.05, 0) is 51.7 Å². The molecule has 0 spiro atoms. The lowest BCUT2D eigenvalue weighted by molar-refractivity contribution is 0.122. The van der Waals surface area contributed by atoms with E-state index in [4.69, 9.17) is 14.9 Å². The number of benzene rings is 1. The van der Waals surface area contributed by atoms with Gasteiger partial charge >= 0.3 is 0 Å². The number of rotatable bonds is 5. The number of nitrogens with zero attached hydrogens (tertiary/aromatic N) is 3. The van der Waals surface area contributed by atoms with Gasteiger partial charge in [0.25, 0.3) is 0 Å². The van der Waals surface area contributed by atoms with E-state index >= 15 is 0 Å². The molecule has 2 heterocycles. The predicted octanol–water partition coefficient (Wildman–Crippen LogP) is 3.12. The van der Waals surface area contributed by atoms with Crippen molar-refractivity contribution in [3.05, 3.63) is 34.4 Å². The second kappa shape index (κ2) is 8.14.